The maximum atomic E-state index is 11.2. The van der Waals surface area contributed by atoms with Crippen LogP contribution in [0.2, 0.25) is 0 Å². The maximum Gasteiger partial charge on any atom is 0.217 e. The Balaban J connectivity index is 2.67. The zero-order valence-corrected chi connectivity index (χ0v) is 11.6. The number of hydrogen-bond donors (Lipinski definition) is 4. The number of rotatable bonds is 7. The summed E-state index contributed by atoms with van der Waals surface area (Å²) in [6, 6.07) is -0.881. The molecule has 0 aromatic heterocycles. The summed E-state index contributed by atoms with van der Waals surface area (Å²) in [4.78, 5) is 11.2. The Hall–Kier alpha value is -0.990. The summed E-state index contributed by atoms with van der Waals surface area (Å²) in [6.45, 7) is 4.80. The fourth-order valence-electron chi connectivity index (χ4n) is 2.04. The Morgan fingerprint density at radius 3 is 2.70 bits per heavy atom. The standard InChI is InChI=1S/C13H23NO6/c1-3-4-5-6-19-13-10(14-8(2)16)12(18)11(17)9(7-15)20-13/h3,9-13,15,17-18H,1,4-7H2,2H3,(H,14,16)/t9-,10-,11+,12-,13+/m1/s1. The fraction of sp³-hybridized carbons (Fsp3) is 0.769. The van der Waals surface area contributed by atoms with Crippen LogP contribution in [0.1, 0.15) is 19.8 Å². The molecule has 5 atom stereocenters. The summed E-state index contributed by atoms with van der Waals surface area (Å²) >= 11 is 0. The molecule has 1 aliphatic heterocycles. The molecule has 20 heavy (non-hydrogen) atoms. The number of aliphatic hydroxyl groups excluding tert-OH is 3. The smallest absolute Gasteiger partial charge is 0.217 e. The van der Waals surface area contributed by atoms with Crippen LogP contribution in [0.5, 0.6) is 0 Å². The molecule has 0 unspecified atom stereocenters. The Labute approximate surface area is 118 Å². The van der Waals surface area contributed by atoms with E-state index in [1.165, 1.54) is 6.92 Å². The normalized spacial score (nSPS) is 33.7. The lowest BCUT2D eigenvalue weighted by atomic mass is 9.97. The van der Waals surface area contributed by atoms with Crippen molar-refractivity contribution in [3.8, 4) is 0 Å². The van der Waals surface area contributed by atoms with E-state index >= 15 is 0 Å². The van der Waals surface area contributed by atoms with Gasteiger partial charge >= 0.3 is 0 Å². The third kappa shape index (κ3) is 4.53. The zero-order valence-electron chi connectivity index (χ0n) is 11.6. The summed E-state index contributed by atoms with van der Waals surface area (Å²) in [5, 5.41) is 31.4. The van der Waals surface area contributed by atoms with Crippen LogP contribution in [0.3, 0.4) is 0 Å². The SMILES string of the molecule is C=CCCCO[C@H]1O[C@H](CO)[C@H](O)[C@H](O)[C@H]1NC(C)=O. The van der Waals surface area contributed by atoms with Crippen molar-refractivity contribution in [3.63, 3.8) is 0 Å². The third-order valence-electron chi connectivity index (χ3n) is 3.09. The number of nitrogens with one attached hydrogen (secondary N) is 1. The first-order valence-corrected chi connectivity index (χ1v) is 6.63. The van der Waals surface area contributed by atoms with Gasteiger partial charge in [0.25, 0.3) is 0 Å². The average molecular weight is 289 g/mol. The molecule has 7 heteroatoms. The summed E-state index contributed by atoms with van der Waals surface area (Å²) < 4.78 is 10.9. The van der Waals surface area contributed by atoms with Crippen molar-refractivity contribution in [1.82, 2.24) is 5.32 Å². The van der Waals surface area contributed by atoms with Gasteiger partial charge in [-0.25, -0.2) is 0 Å². The molecule has 0 aromatic carbocycles. The van der Waals surface area contributed by atoms with Crippen LogP contribution in [0.4, 0.5) is 0 Å². The van der Waals surface area contributed by atoms with Crippen molar-refractivity contribution in [1.29, 1.82) is 0 Å². The molecule has 0 radical (unpaired) electrons. The highest BCUT2D eigenvalue weighted by atomic mass is 16.7. The minimum atomic E-state index is -1.29. The van der Waals surface area contributed by atoms with Gasteiger partial charge in [-0.2, -0.15) is 0 Å². The van der Waals surface area contributed by atoms with Crippen LogP contribution in [0, 0.1) is 0 Å². The molecule has 0 aromatic rings. The predicted octanol–water partition coefficient (Wildman–Crippen LogP) is -1.09. The lowest BCUT2D eigenvalue weighted by Crippen LogP contribution is -2.64. The van der Waals surface area contributed by atoms with Gasteiger partial charge in [0.2, 0.25) is 5.91 Å². The van der Waals surface area contributed by atoms with Gasteiger partial charge < -0.3 is 30.1 Å². The Bertz CT molecular complexity index is 324. The lowest BCUT2D eigenvalue weighted by molar-refractivity contribution is -0.270. The molecule has 0 bridgehead atoms. The molecule has 7 nitrogen and oxygen atoms in total. The molecule has 1 amide bonds. The molecule has 1 saturated heterocycles. The van der Waals surface area contributed by atoms with E-state index in [1.807, 2.05) is 0 Å². The van der Waals surface area contributed by atoms with Crippen molar-refractivity contribution in [2.75, 3.05) is 13.2 Å². The first-order chi connectivity index (χ1) is 9.51. The van der Waals surface area contributed by atoms with Crippen LogP contribution in [-0.2, 0) is 14.3 Å². The Kier molecular flexibility index (Phi) is 7.11. The minimum Gasteiger partial charge on any atom is -0.394 e. The molecule has 1 rings (SSSR count). The number of aliphatic hydroxyl groups is 3. The number of carbonyl (C=O) groups excluding carboxylic acids is 1. The highest BCUT2D eigenvalue weighted by Crippen LogP contribution is 2.22. The van der Waals surface area contributed by atoms with Gasteiger partial charge in [0.05, 0.1) is 13.2 Å². The summed E-state index contributed by atoms with van der Waals surface area (Å²) in [5.74, 6) is -0.369. The summed E-state index contributed by atoms with van der Waals surface area (Å²) in [6.07, 6.45) is -1.17. The van der Waals surface area contributed by atoms with Gasteiger partial charge in [-0.3, -0.25) is 4.79 Å². The molecular formula is C13H23NO6. The van der Waals surface area contributed by atoms with E-state index in [1.54, 1.807) is 6.08 Å². The molecule has 1 heterocycles. The number of hydrogen-bond acceptors (Lipinski definition) is 6. The first kappa shape index (κ1) is 17.1. The van der Waals surface area contributed by atoms with Crippen LogP contribution >= 0.6 is 0 Å². The number of unbranched alkanes of at least 4 members (excludes halogenated alkanes) is 1. The molecular weight excluding hydrogens is 266 g/mol. The van der Waals surface area contributed by atoms with Crippen molar-refractivity contribution in [2.45, 2.75) is 50.4 Å². The molecule has 116 valence electrons. The van der Waals surface area contributed by atoms with Crippen LogP contribution in [-0.4, -0.2) is 65.1 Å². The van der Waals surface area contributed by atoms with E-state index in [9.17, 15) is 15.0 Å². The van der Waals surface area contributed by atoms with Gasteiger partial charge in [0.1, 0.15) is 24.4 Å². The van der Waals surface area contributed by atoms with Gasteiger partial charge in [0.15, 0.2) is 6.29 Å². The maximum absolute atomic E-state index is 11.2. The number of carbonyl (C=O) groups is 1. The summed E-state index contributed by atoms with van der Waals surface area (Å²) in [5.41, 5.74) is 0. The molecule has 0 aliphatic carbocycles. The van der Waals surface area contributed by atoms with E-state index in [0.717, 1.165) is 12.8 Å². The largest absolute Gasteiger partial charge is 0.394 e. The number of amides is 1. The second-order valence-electron chi connectivity index (χ2n) is 4.73. The second-order valence-corrected chi connectivity index (χ2v) is 4.73. The second kappa shape index (κ2) is 8.33. The Morgan fingerprint density at radius 2 is 2.15 bits per heavy atom. The van der Waals surface area contributed by atoms with Gasteiger partial charge in [-0.05, 0) is 12.8 Å². The van der Waals surface area contributed by atoms with Gasteiger partial charge in [-0.1, -0.05) is 6.08 Å². The van der Waals surface area contributed by atoms with Crippen LogP contribution in [0.15, 0.2) is 12.7 Å². The van der Waals surface area contributed by atoms with Crippen molar-refractivity contribution in [3.05, 3.63) is 12.7 Å². The van der Waals surface area contributed by atoms with Crippen LogP contribution < -0.4 is 5.32 Å². The van der Waals surface area contributed by atoms with Gasteiger partial charge in [0, 0.05) is 6.92 Å². The van der Waals surface area contributed by atoms with Crippen molar-refractivity contribution < 1.29 is 29.6 Å². The minimum absolute atomic E-state index is 0.355. The molecule has 1 aliphatic rings. The van der Waals surface area contributed by atoms with Crippen molar-refractivity contribution >= 4 is 5.91 Å². The van der Waals surface area contributed by atoms with Crippen molar-refractivity contribution in [2.24, 2.45) is 0 Å². The van der Waals surface area contributed by atoms with E-state index in [4.69, 9.17) is 14.6 Å². The summed E-state index contributed by atoms with van der Waals surface area (Å²) in [7, 11) is 0. The molecule has 1 fully saturated rings. The fourth-order valence-corrected chi connectivity index (χ4v) is 2.04. The van der Waals surface area contributed by atoms with E-state index < -0.39 is 37.3 Å². The highest BCUT2D eigenvalue weighted by molar-refractivity contribution is 5.73. The topological polar surface area (TPSA) is 108 Å². The van der Waals surface area contributed by atoms with Crippen LogP contribution in [0.25, 0.3) is 0 Å². The van der Waals surface area contributed by atoms with E-state index in [-0.39, 0.29) is 5.91 Å². The number of ether oxygens (including phenoxy) is 2. The third-order valence-corrected chi connectivity index (χ3v) is 3.09. The predicted molar refractivity (Wildman–Crippen MR) is 70.7 cm³/mol. The zero-order chi connectivity index (χ0) is 15.1. The molecule has 4 N–H and O–H groups in total. The molecule has 0 spiro atoms. The average Bonchev–Trinajstić information content (AvgIpc) is 2.41. The Morgan fingerprint density at radius 1 is 1.45 bits per heavy atom. The van der Waals surface area contributed by atoms with E-state index in [2.05, 4.69) is 11.9 Å². The molecule has 0 saturated carbocycles. The monoisotopic (exact) mass is 289 g/mol. The quantitative estimate of drug-likeness (QED) is 0.350. The number of allylic oxidation sites excluding steroid dienone is 1. The lowest BCUT2D eigenvalue weighted by Gasteiger charge is -2.42. The highest BCUT2D eigenvalue weighted by Gasteiger charge is 2.45. The first-order valence-electron chi connectivity index (χ1n) is 6.63. The van der Waals surface area contributed by atoms with Gasteiger partial charge in [-0.15, -0.1) is 6.58 Å². The van der Waals surface area contributed by atoms with E-state index in [0.29, 0.717) is 6.61 Å².